The minimum Gasteiger partial charge on any atom is -0.493 e. The molecule has 0 saturated carbocycles. The Labute approximate surface area is 169 Å². The number of amides is 2. The Kier molecular flexibility index (Phi) is 6.33. The van der Waals surface area contributed by atoms with E-state index in [-0.39, 0.29) is 12.6 Å². The maximum Gasteiger partial charge on any atom is 0.322 e. The summed E-state index contributed by atoms with van der Waals surface area (Å²) in [6.07, 6.45) is 0. The molecule has 8 heteroatoms. The zero-order valence-electron chi connectivity index (χ0n) is 16.9. The molecular formula is C21H24N4O4. The average Bonchev–Trinajstić information content (AvgIpc) is 3.21. The average molecular weight is 396 g/mol. The van der Waals surface area contributed by atoms with Crippen molar-refractivity contribution in [1.29, 1.82) is 0 Å². The number of anilines is 1. The molecule has 0 saturated heterocycles. The number of para-hydroxylation sites is 1. The maximum absolute atomic E-state index is 12.6. The molecule has 0 aliphatic heterocycles. The molecule has 1 aromatic heterocycles. The van der Waals surface area contributed by atoms with Gasteiger partial charge in [0.1, 0.15) is 6.54 Å². The molecule has 0 radical (unpaired) electrons. The number of nitrogens with zero attached hydrogens (tertiary/aromatic N) is 3. The molecule has 1 heterocycles. The number of methoxy groups -OCH3 is 2. The molecule has 29 heavy (non-hydrogen) atoms. The summed E-state index contributed by atoms with van der Waals surface area (Å²) < 4.78 is 15.9. The molecule has 152 valence electrons. The van der Waals surface area contributed by atoms with Gasteiger partial charge >= 0.3 is 6.03 Å². The van der Waals surface area contributed by atoms with Crippen LogP contribution in [-0.4, -0.2) is 41.8 Å². The van der Waals surface area contributed by atoms with Crippen molar-refractivity contribution >= 4 is 11.7 Å². The number of carbonyl (C=O) groups is 1. The van der Waals surface area contributed by atoms with E-state index in [9.17, 15) is 4.79 Å². The van der Waals surface area contributed by atoms with Crippen LogP contribution >= 0.6 is 0 Å². The van der Waals surface area contributed by atoms with Crippen LogP contribution < -0.4 is 14.8 Å². The van der Waals surface area contributed by atoms with Gasteiger partial charge in [0, 0.05) is 17.8 Å². The van der Waals surface area contributed by atoms with Gasteiger partial charge in [-0.05, 0) is 43.7 Å². The third-order valence-corrected chi connectivity index (χ3v) is 4.49. The number of carbonyl (C=O) groups excluding carboxylic acids is 1. The van der Waals surface area contributed by atoms with Crippen LogP contribution in [0.15, 0.2) is 47.0 Å². The van der Waals surface area contributed by atoms with Crippen LogP contribution in [0.25, 0.3) is 11.4 Å². The number of hydrogen-bond donors (Lipinski definition) is 1. The van der Waals surface area contributed by atoms with E-state index >= 15 is 0 Å². The van der Waals surface area contributed by atoms with Crippen molar-refractivity contribution in [3.05, 3.63) is 53.9 Å². The highest BCUT2D eigenvalue weighted by Crippen LogP contribution is 2.31. The van der Waals surface area contributed by atoms with Crippen molar-refractivity contribution < 1.29 is 18.8 Å². The molecule has 3 aromatic rings. The first-order chi connectivity index (χ1) is 14.0. The molecule has 0 aliphatic carbocycles. The van der Waals surface area contributed by atoms with Gasteiger partial charge in [0.25, 0.3) is 0 Å². The Hall–Kier alpha value is -3.55. The number of nitrogens with one attached hydrogen (secondary N) is 1. The van der Waals surface area contributed by atoms with Gasteiger partial charge in [0.15, 0.2) is 11.5 Å². The summed E-state index contributed by atoms with van der Waals surface area (Å²) in [5.41, 5.74) is 2.49. The lowest BCUT2D eigenvalue weighted by Gasteiger charge is -2.20. The van der Waals surface area contributed by atoms with E-state index in [0.717, 1.165) is 16.8 Å². The third-order valence-electron chi connectivity index (χ3n) is 4.49. The summed E-state index contributed by atoms with van der Waals surface area (Å²) in [6.45, 7) is 4.53. The van der Waals surface area contributed by atoms with Crippen molar-refractivity contribution in [2.45, 2.75) is 20.4 Å². The van der Waals surface area contributed by atoms with E-state index in [4.69, 9.17) is 14.0 Å². The molecule has 2 amide bonds. The van der Waals surface area contributed by atoms with E-state index in [1.165, 1.54) is 0 Å². The van der Waals surface area contributed by atoms with Gasteiger partial charge < -0.3 is 24.2 Å². The zero-order chi connectivity index (χ0) is 20.8. The lowest BCUT2D eigenvalue weighted by molar-refractivity contribution is 0.203. The largest absolute Gasteiger partial charge is 0.493 e. The molecular weight excluding hydrogens is 372 g/mol. The summed E-state index contributed by atoms with van der Waals surface area (Å²) in [5.74, 6) is 1.95. The second-order valence-electron chi connectivity index (χ2n) is 6.34. The lowest BCUT2D eigenvalue weighted by atomic mass is 10.2. The summed E-state index contributed by atoms with van der Waals surface area (Å²) >= 11 is 0. The molecule has 0 aliphatic rings. The summed E-state index contributed by atoms with van der Waals surface area (Å²) in [5, 5.41) is 6.94. The fourth-order valence-electron chi connectivity index (χ4n) is 2.81. The number of aromatic nitrogens is 2. The molecule has 8 nitrogen and oxygen atoms in total. The minimum absolute atomic E-state index is 0.203. The summed E-state index contributed by atoms with van der Waals surface area (Å²) in [6, 6.07) is 12.8. The molecule has 0 spiro atoms. The SMILES string of the molecule is CCN(Cc1nc(-c2ccc(OC)c(OC)c2)no1)C(=O)Nc1ccccc1C. The summed E-state index contributed by atoms with van der Waals surface area (Å²) in [4.78, 5) is 18.6. The van der Waals surface area contributed by atoms with Gasteiger partial charge in [0.05, 0.1) is 14.2 Å². The van der Waals surface area contributed by atoms with Crippen LogP contribution in [0, 0.1) is 6.92 Å². The maximum atomic E-state index is 12.6. The van der Waals surface area contributed by atoms with Gasteiger partial charge in [-0.2, -0.15) is 4.98 Å². The molecule has 3 rings (SSSR count). The lowest BCUT2D eigenvalue weighted by Crippen LogP contribution is -2.34. The molecule has 0 atom stereocenters. The second kappa shape index (κ2) is 9.09. The highest BCUT2D eigenvalue weighted by molar-refractivity contribution is 5.90. The number of rotatable bonds is 7. The molecule has 0 fully saturated rings. The molecule has 0 bridgehead atoms. The van der Waals surface area contributed by atoms with Crippen LogP contribution in [0.3, 0.4) is 0 Å². The van der Waals surface area contributed by atoms with Gasteiger partial charge in [-0.15, -0.1) is 0 Å². The van der Waals surface area contributed by atoms with Crippen molar-refractivity contribution in [2.75, 3.05) is 26.1 Å². The topological polar surface area (TPSA) is 89.7 Å². The Bertz CT molecular complexity index is 986. The third kappa shape index (κ3) is 4.66. The number of benzene rings is 2. The Balaban J connectivity index is 1.72. The fourth-order valence-corrected chi connectivity index (χ4v) is 2.81. The Morgan fingerprint density at radius 3 is 2.59 bits per heavy atom. The van der Waals surface area contributed by atoms with E-state index in [0.29, 0.717) is 29.8 Å². The number of aryl methyl sites for hydroxylation is 1. The predicted molar refractivity (Wildman–Crippen MR) is 109 cm³/mol. The van der Waals surface area contributed by atoms with Crippen LogP contribution in [0.2, 0.25) is 0 Å². The van der Waals surface area contributed by atoms with E-state index in [1.54, 1.807) is 31.3 Å². The van der Waals surface area contributed by atoms with Crippen LogP contribution in [0.5, 0.6) is 11.5 Å². The Morgan fingerprint density at radius 1 is 1.14 bits per heavy atom. The van der Waals surface area contributed by atoms with Gasteiger partial charge in [-0.3, -0.25) is 0 Å². The number of hydrogen-bond acceptors (Lipinski definition) is 6. The quantitative estimate of drug-likeness (QED) is 0.646. The highest BCUT2D eigenvalue weighted by Gasteiger charge is 2.18. The Morgan fingerprint density at radius 2 is 1.90 bits per heavy atom. The first-order valence-corrected chi connectivity index (χ1v) is 9.22. The van der Waals surface area contributed by atoms with Gasteiger partial charge in [0.2, 0.25) is 11.7 Å². The summed E-state index contributed by atoms with van der Waals surface area (Å²) in [7, 11) is 3.14. The van der Waals surface area contributed by atoms with E-state index in [1.807, 2.05) is 44.2 Å². The number of ether oxygens (including phenoxy) is 2. The minimum atomic E-state index is -0.229. The normalized spacial score (nSPS) is 10.5. The molecule has 0 unspecified atom stereocenters. The number of urea groups is 1. The van der Waals surface area contributed by atoms with Crippen molar-refractivity contribution in [2.24, 2.45) is 0 Å². The van der Waals surface area contributed by atoms with Crippen LogP contribution in [0.1, 0.15) is 18.4 Å². The molecule has 1 N–H and O–H groups in total. The zero-order valence-corrected chi connectivity index (χ0v) is 16.9. The van der Waals surface area contributed by atoms with Gasteiger partial charge in [-0.25, -0.2) is 4.79 Å². The monoisotopic (exact) mass is 396 g/mol. The highest BCUT2D eigenvalue weighted by atomic mass is 16.5. The predicted octanol–water partition coefficient (Wildman–Crippen LogP) is 4.12. The van der Waals surface area contributed by atoms with Gasteiger partial charge in [-0.1, -0.05) is 23.4 Å². The van der Waals surface area contributed by atoms with Crippen LogP contribution in [0.4, 0.5) is 10.5 Å². The van der Waals surface area contributed by atoms with E-state index in [2.05, 4.69) is 15.5 Å². The van der Waals surface area contributed by atoms with E-state index < -0.39 is 0 Å². The van der Waals surface area contributed by atoms with Crippen molar-refractivity contribution in [3.8, 4) is 22.9 Å². The second-order valence-corrected chi connectivity index (χ2v) is 6.34. The van der Waals surface area contributed by atoms with Crippen LogP contribution in [-0.2, 0) is 6.54 Å². The molecule has 2 aromatic carbocycles. The standard InChI is InChI=1S/C21H24N4O4/c1-5-25(21(26)22-16-9-7-6-8-14(16)2)13-19-23-20(24-29-19)15-10-11-17(27-3)18(12-15)28-4/h6-12H,5,13H2,1-4H3,(H,22,26). The first kappa shape index (κ1) is 20.2. The van der Waals surface area contributed by atoms with Crippen molar-refractivity contribution in [1.82, 2.24) is 15.0 Å². The first-order valence-electron chi connectivity index (χ1n) is 9.22. The van der Waals surface area contributed by atoms with Crippen molar-refractivity contribution in [3.63, 3.8) is 0 Å². The smallest absolute Gasteiger partial charge is 0.322 e. The fraction of sp³-hybridized carbons (Fsp3) is 0.286.